The number of carbonyl (C=O) groups is 1. The van der Waals surface area contributed by atoms with Crippen molar-refractivity contribution in [1.29, 1.82) is 0 Å². The van der Waals surface area contributed by atoms with Crippen molar-refractivity contribution in [3.63, 3.8) is 0 Å². The van der Waals surface area contributed by atoms with Crippen LogP contribution in [0.1, 0.15) is 17.4 Å². The molecule has 1 aromatic carbocycles. The fraction of sp³-hybridized carbons (Fsp3) is 0.267. The maximum atomic E-state index is 11.1. The van der Waals surface area contributed by atoms with Gasteiger partial charge >= 0.3 is 5.97 Å². The number of benzene rings is 1. The number of nitrogen functional groups attached to an aromatic ring is 1. The summed E-state index contributed by atoms with van der Waals surface area (Å²) in [6.45, 7) is 3.38. The molecule has 0 aliphatic heterocycles. The second kappa shape index (κ2) is 7.37. The number of hydrogen-bond donors (Lipinski definition) is 2. The standard InChI is InChI=1S/C15H17N3O4/c1-2-21-7-8-22-13-6-4-3-5-10(13)11-9-12(14(19)20)18-15(16)17-11/h3-6,9H,2,7-8H2,1H3,(H,19,20)(H2,16,17,18). The van der Waals surface area contributed by atoms with E-state index in [0.29, 0.717) is 36.8 Å². The van der Waals surface area contributed by atoms with Crippen molar-refractivity contribution < 1.29 is 19.4 Å². The highest BCUT2D eigenvalue weighted by atomic mass is 16.5. The number of aromatic nitrogens is 2. The lowest BCUT2D eigenvalue weighted by molar-refractivity contribution is 0.0690. The van der Waals surface area contributed by atoms with Gasteiger partial charge in [0.25, 0.3) is 0 Å². The average Bonchev–Trinajstić information content (AvgIpc) is 2.51. The van der Waals surface area contributed by atoms with Crippen molar-refractivity contribution in [2.24, 2.45) is 0 Å². The van der Waals surface area contributed by atoms with E-state index in [1.807, 2.05) is 19.1 Å². The van der Waals surface area contributed by atoms with E-state index in [2.05, 4.69) is 9.97 Å². The zero-order valence-corrected chi connectivity index (χ0v) is 12.2. The maximum Gasteiger partial charge on any atom is 0.354 e. The van der Waals surface area contributed by atoms with E-state index in [9.17, 15) is 4.79 Å². The van der Waals surface area contributed by atoms with E-state index in [4.69, 9.17) is 20.3 Å². The molecule has 22 heavy (non-hydrogen) atoms. The number of aromatic carboxylic acids is 1. The lowest BCUT2D eigenvalue weighted by atomic mass is 10.1. The molecule has 3 N–H and O–H groups in total. The molecule has 2 aromatic rings. The van der Waals surface area contributed by atoms with Gasteiger partial charge in [-0.15, -0.1) is 0 Å². The van der Waals surface area contributed by atoms with Crippen molar-refractivity contribution in [3.05, 3.63) is 36.0 Å². The van der Waals surface area contributed by atoms with Crippen LogP contribution in [0.15, 0.2) is 30.3 Å². The highest BCUT2D eigenvalue weighted by Gasteiger charge is 2.13. The van der Waals surface area contributed by atoms with Gasteiger partial charge < -0.3 is 20.3 Å². The molecule has 0 aliphatic rings. The van der Waals surface area contributed by atoms with Crippen LogP contribution in [-0.4, -0.2) is 40.9 Å². The zero-order valence-electron chi connectivity index (χ0n) is 12.2. The molecular weight excluding hydrogens is 286 g/mol. The van der Waals surface area contributed by atoms with Crippen LogP contribution >= 0.6 is 0 Å². The Balaban J connectivity index is 2.30. The summed E-state index contributed by atoms with van der Waals surface area (Å²) in [5, 5.41) is 9.06. The number of hydrogen-bond acceptors (Lipinski definition) is 6. The maximum absolute atomic E-state index is 11.1. The Morgan fingerprint density at radius 3 is 2.77 bits per heavy atom. The number of nitrogens with zero attached hydrogens (tertiary/aromatic N) is 2. The summed E-state index contributed by atoms with van der Waals surface area (Å²) < 4.78 is 10.9. The first-order valence-corrected chi connectivity index (χ1v) is 6.79. The molecule has 2 rings (SSSR count). The molecule has 7 heteroatoms. The number of carboxylic acids is 1. The van der Waals surface area contributed by atoms with Gasteiger partial charge in [-0.1, -0.05) is 12.1 Å². The molecule has 116 valence electrons. The highest BCUT2D eigenvalue weighted by Crippen LogP contribution is 2.29. The van der Waals surface area contributed by atoms with E-state index in [0.717, 1.165) is 0 Å². The summed E-state index contributed by atoms with van der Waals surface area (Å²) in [6, 6.07) is 8.55. The van der Waals surface area contributed by atoms with Gasteiger partial charge in [0.1, 0.15) is 12.4 Å². The molecule has 0 bridgehead atoms. The van der Waals surface area contributed by atoms with E-state index in [-0.39, 0.29) is 11.6 Å². The first-order chi connectivity index (χ1) is 10.6. The summed E-state index contributed by atoms with van der Waals surface area (Å²) >= 11 is 0. The Morgan fingerprint density at radius 1 is 1.27 bits per heavy atom. The minimum atomic E-state index is -1.16. The second-order valence-electron chi connectivity index (χ2n) is 4.34. The van der Waals surface area contributed by atoms with Gasteiger partial charge in [0.2, 0.25) is 5.95 Å². The van der Waals surface area contributed by atoms with Gasteiger partial charge in [-0.2, -0.15) is 0 Å². The lowest BCUT2D eigenvalue weighted by Crippen LogP contribution is -2.08. The lowest BCUT2D eigenvalue weighted by Gasteiger charge is -2.11. The largest absolute Gasteiger partial charge is 0.490 e. The quantitative estimate of drug-likeness (QED) is 0.751. The van der Waals surface area contributed by atoms with Crippen LogP contribution in [0, 0.1) is 0 Å². The molecule has 0 aliphatic carbocycles. The summed E-state index contributed by atoms with van der Waals surface area (Å²) in [5.41, 5.74) is 6.47. The first kappa shape index (κ1) is 15.7. The summed E-state index contributed by atoms with van der Waals surface area (Å²) in [6.07, 6.45) is 0. The van der Waals surface area contributed by atoms with Crippen molar-refractivity contribution in [2.75, 3.05) is 25.6 Å². The van der Waals surface area contributed by atoms with Crippen LogP contribution in [-0.2, 0) is 4.74 Å². The Morgan fingerprint density at radius 2 is 2.05 bits per heavy atom. The minimum Gasteiger partial charge on any atom is -0.490 e. The van der Waals surface area contributed by atoms with E-state index >= 15 is 0 Å². The smallest absolute Gasteiger partial charge is 0.354 e. The molecule has 0 unspecified atom stereocenters. The number of carboxylic acid groups (broad SMARTS) is 1. The summed E-state index contributed by atoms with van der Waals surface area (Å²) in [7, 11) is 0. The first-order valence-electron chi connectivity index (χ1n) is 6.79. The summed E-state index contributed by atoms with van der Waals surface area (Å²) in [4.78, 5) is 18.8. The molecule has 0 atom stereocenters. The van der Waals surface area contributed by atoms with Crippen LogP contribution < -0.4 is 10.5 Å². The number of rotatable bonds is 7. The molecule has 0 saturated carbocycles. The SMILES string of the molecule is CCOCCOc1ccccc1-c1cc(C(=O)O)nc(N)n1. The predicted octanol–water partition coefficient (Wildman–Crippen LogP) is 1.84. The van der Waals surface area contributed by atoms with Gasteiger partial charge in [0.15, 0.2) is 5.69 Å². The van der Waals surface area contributed by atoms with Gasteiger partial charge in [-0.25, -0.2) is 14.8 Å². The molecule has 0 radical (unpaired) electrons. The molecule has 0 fully saturated rings. The Bertz CT molecular complexity index is 661. The van der Waals surface area contributed by atoms with Gasteiger partial charge in [0, 0.05) is 12.2 Å². The topological polar surface area (TPSA) is 108 Å². The zero-order chi connectivity index (χ0) is 15.9. The number of para-hydroxylation sites is 1. The second-order valence-corrected chi connectivity index (χ2v) is 4.34. The molecule has 0 spiro atoms. The third-order valence-electron chi connectivity index (χ3n) is 2.81. The normalized spacial score (nSPS) is 10.4. The summed E-state index contributed by atoms with van der Waals surface area (Å²) in [5.74, 6) is -0.680. The van der Waals surface area contributed by atoms with E-state index in [1.165, 1.54) is 6.07 Å². The average molecular weight is 303 g/mol. The number of ether oxygens (including phenoxy) is 2. The fourth-order valence-electron chi connectivity index (χ4n) is 1.87. The molecule has 7 nitrogen and oxygen atoms in total. The van der Waals surface area contributed by atoms with Gasteiger partial charge in [0.05, 0.1) is 12.3 Å². The Labute approximate surface area is 127 Å². The monoisotopic (exact) mass is 303 g/mol. The number of anilines is 1. The van der Waals surface area contributed by atoms with Gasteiger partial charge in [-0.05, 0) is 25.1 Å². The van der Waals surface area contributed by atoms with E-state index in [1.54, 1.807) is 12.1 Å². The van der Waals surface area contributed by atoms with Crippen molar-refractivity contribution in [1.82, 2.24) is 9.97 Å². The van der Waals surface area contributed by atoms with Crippen molar-refractivity contribution in [2.45, 2.75) is 6.92 Å². The molecule has 0 amide bonds. The van der Waals surface area contributed by atoms with Gasteiger partial charge in [-0.3, -0.25) is 0 Å². The van der Waals surface area contributed by atoms with Crippen molar-refractivity contribution >= 4 is 11.9 Å². The predicted molar refractivity (Wildman–Crippen MR) is 80.8 cm³/mol. The van der Waals surface area contributed by atoms with Crippen molar-refractivity contribution in [3.8, 4) is 17.0 Å². The molecule has 1 aromatic heterocycles. The van der Waals surface area contributed by atoms with Crippen LogP contribution in [0.5, 0.6) is 5.75 Å². The van der Waals surface area contributed by atoms with Crippen LogP contribution in [0.3, 0.4) is 0 Å². The third-order valence-corrected chi connectivity index (χ3v) is 2.81. The van der Waals surface area contributed by atoms with Crippen LogP contribution in [0.2, 0.25) is 0 Å². The Kier molecular flexibility index (Phi) is 5.26. The molecular formula is C15H17N3O4. The van der Waals surface area contributed by atoms with Crippen LogP contribution in [0.4, 0.5) is 5.95 Å². The van der Waals surface area contributed by atoms with E-state index < -0.39 is 5.97 Å². The highest BCUT2D eigenvalue weighted by molar-refractivity contribution is 5.87. The minimum absolute atomic E-state index is 0.0981. The fourth-order valence-corrected chi connectivity index (χ4v) is 1.87. The third kappa shape index (κ3) is 3.92. The Hall–Kier alpha value is -2.67. The number of nitrogens with two attached hydrogens (primary N) is 1. The molecule has 1 heterocycles. The van der Waals surface area contributed by atoms with Crippen LogP contribution in [0.25, 0.3) is 11.3 Å². The molecule has 0 saturated heterocycles.